The molecule has 1 N–H and O–H groups in total. The second-order valence-corrected chi connectivity index (χ2v) is 6.16. The molecular formula is C15H21BrFN. The molecule has 100 valence electrons. The summed E-state index contributed by atoms with van der Waals surface area (Å²) in [5, 5.41) is 3.58. The Morgan fingerprint density at radius 3 is 2.50 bits per heavy atom. The molecule has 18 heavy (non-hydrogen) atoms. The summed E-state index contributed by atoms with van der Waals surface area (Å²) in [5.74, 6) is -0.127. The number of rotatable bonds is 3. The van der Waals surface area contributed by atoms with E-state index in [4.69, 9.17) is 0 Å². The molecule has 1 fully saturated rings. The van der Waals surface area contributed by atoms with Crippen molar-refractivity contribution in [1.82, 2.24) is 5.32 Å². The lowest BCUT2D eigenvalue weighted by Gasteiger charge is -2.22. The first kappa shape index (κ1) is 14.0. The van der Waals surface area contributed by atoms with Crippen molar-refractivity contribution in [2.24, 2.45) is 0 Å². The van der Waals surface area contributed by atoms with E-state index in [1.807, 2.05) is 12.1 Å². The van der Waals surface area contributed by atoms with Crippen molar-refractivity contribution in [1.29, 1.82) is 0 Å². The molecule has 0 amide bonds. The molecule has 1 nitrogen and oxygen atoms in total. The first-order valence-corrected chi connectivity index (χ1v) is 7.67. The molecule has 2 rings (SSSR count). The van der Waals surface area contributed by atoms with Crippen LogP contribution in [-0.4, -0.2) is 6.04 Å². The Labute approximate surface area is 117 Å². The summed E-state index contributed by atoms with van der Waals surface area (Å²) < 4.78 is 14.7. The summed E-state index contributed by atoms with van der Waals surface area (Å²) >= 11 is 3.29. The predicted molar refractivity (Wildman–Crippen MR) is 77.1 cm³/mol. The van der Waals surface area contributed by atoms with Gasteiger partial charge < -0.3 is 5.32 Å². The summed E-state index contributed by atoms with van der Waals surface area (Å²) in [4.78, 5) is 0. The zero-order valence-corrected chi connectivity index (χ0v) is 12.5. The molecule has 1 aliphatic rings. The molecule has 0 heterocycles. The summed E-state index contributed by atoms with van der Waals surface area (Å²) in [7, 11) is 0. The van der Waals surface area contributed by atoms with Gasteiger partial charge >= 0.3 is 0 Å². The van der Waals surface area contributed by atoms with Crippen LogP contribution in [0.15, 0.2) is 22.7 Å². The van der Waals surface area contributed by atoms with Gasteiger partial charge in [-0.05, 0) is 31.9 Å². The minimum absolute atomic E-state index is 0.0844. The SMILES string of the molecule is CC(NC1CCCCCC1)c1ccc(Br)cc1F. The highest BCUT2D eigenvalue weighted by Gasteiger charge is 2.17. The maximum Gasteiger partial charge on any atom is 0.129 e. The molecule has 0 radical (unpaired) electrons. The number of benzene rings is 1. The molecule has 1 unspecified atom stereocenters. The van der Waals surface area contributed by atoms with Crippen LogP contribution in [0.25, 0.3) is 0 Å². The Bertz CT molecular complexity index is 386. The molecule has 0 spiro atoms. The highest BCUT2D eigenvalue weighted by atomic mass is 79.9. The normalized spacial score (nSPS) is 19.5. The third-order valence-electron chi connectivity index (χ3n) is 3.77. The van der Waals surface area contributed by atoms with Gasteiger partial charge in [0.25, 0.3) is 0 Å². The number of halogens is 2. The van der Waals surface area contributed by atoms with Gasteiger partial charge in [-0.3, -0.25) is 0 Å². The standard InChI is InChI=1S/C15H21BrFN/c1-11(14-9-8-12(16)10-15(14)17)18-13-6-4-2-3-5-7-13/h8-11,13,18H,2-7H2,1H3. The van der Waals surface area contributed by atoms with Gasteiger partial charge in [0.05, 0.1) is 0 Å². The first-order valence-electron chi connectivity index (χ1n) is 6.88. The minimum atomic E-state index is -0.127. The van der Waals surface area contributed by atoms with Gasteiger partial charge in [0.1, 0.15) is 5.82 Å². The van der Waals surface area contributed by atoms with Crippen LogP contribution in [0, 0.1) is 5.82 Å². The van der Waals surface area contributed by atoms with Crippen molar-refractivity contribution in [3.8, 4) is 0 Å². The van der Waals surface area contributed by atoms with Crippen LogP contribution in [0.5, 0.6) is 0 Å². The Balaban J connectivity index is 1.99. The van der Waals surface area contributed by atoms with Crippen LogP contribution < -0.4 is 5.32 Å². The maximum absolute atomic E-state index is 13.9. The molecule has 3 heteroatoms. The topological polar surface area (TPSA) is 12.0 Å². The van der Waals surface area contributed by atoms with E-state index in [1.54, 1.807) is 6.07 Å². The van der Waals surface area contributed by atoms with Crippen molar-refractivity contribution >= 4 is 15.9 Å². The van der Waals surface area contributed by atoms with Gasteiger partial charge in [-0.15, -0.1) is 0 Å². The molecule has 1 aliphatic carbocycles. The van der Waals surface area contributed by atoms with E-state index in [2.05, 4.69) is 28.2 Å². The monoisotopic (exact) mass is 313 g/mol. The molecule has 0 bridgehead atoms. The fourth-order valence-electron chi connectivity index (χ4n) is 2.74. The van der Waals surface area contributed by atoms with Gasteiger partial charge in [-0.1, -0.05) is 47.7 Å². The maximum atomic E-state index is 13.9. The zero-order chi connectivity index (χ0) is 13.0. The highest BCUT2D eigenvalue weighted by Crippen LogP contribution is 2.24. The van der Waals surface area contributed by atoms with E-state index in [-0.39, 0.29) is 11.9 Å². The average Bonchev–Trinajstić information content (AvgIpc) is 2.57. The summed E-state index contributed by atoms with van der Waals surface area (Å²) in [6.45, 7) is 2.05. The minimum Gasteiger partial charge on any atom is -0.307 e. The zero-order valence-electron chi connectivity index (χ0n) is 10.9. The van der Waals surface area contributed by atoms with Gasteiger partial charge in [0.15, 0.2) is 0 Å². The average molecular weight is 314 g/mol. The van der Waals surface area contributed by atoms with Gasteiger partial charge in [-0.2, -0.15) is 0 Å². The second kappa shape index (κ2) is 6.67. The molecule has 1 aromatic carbocycles. The molecule has 1 atom stereocenters. The molecule has 1 aromatic rings. The van der Waals surface area contributed by atoms with E-state index in [1.165, 1.54) is 38.5 Å². The van der Waals surface area contributed by atoms with Gasteiger partial charge in [-0.25, -0.2) is 4.39 Å². The lowest BCUT2D eigenvalue weighted by molar-refractivity contribution is 0.406. The largest absolute Gasteiger partial charge is 0.307 e. The fraction of sp³-hybridized carbons (Fsp3) is 0.600. The van der Waals surface area contributed by atoms with E-state index in [9.17, 15) is 4.39 Å². The predicted octanol–water partition coefficient (Wildman–Crippen LogP) is 4.96. The van der Waals surface area contributed by atoms with Crippen LogP contribution in [0.4, 0.5) is 4.39 Å². The van der Waals surface area contributed by atoms with Crippen molar-refractivity contribution in [3.63, 3.8) is 0 Å². The Morgan fingerprint density at radius 1 is 1.22 bits per heavy atom. The van der Waals surface area contributed by atoms with Crippen LogP contribution in [0.1, 0.15) is 57.1 Å². The lowest BCUT2D eigenvalue weighted by Crippen LogP contribution is -2.31. The molecule has 0 aromatic heterocycles. The third kappa shape index (κ3) is 3.79. The number of nitrogens with one attached hydrogen (secondary N) is 1. The van der Waals surface area contributed by atoms with Crippen LogP contribution in [0.3, 0.4) is 0 Å². The highest BCUT2D eigenvalue weighted by molar-refractivity contribution is 9.10. The number of hydrogen-bond acceptors (Lipinski definition) is 1. The Morgan fingerprint density at radius 2 is 1.89 bits per heavy atom. The number of hydrogen-bond donors (Lipinski definition) is 1. The van der Waals surface area contributed by atoms with Gasteiger partial charge in [0.2, 0.25) is 0 Å². The summed E-state index contributed by atoms with van der Waals surface area (Å²) in [5.41, 5.74) is 0.766. The van der Waals surface area contributed by atoms with Crippen molar-refractivity contribution in [3.05, 3.63) is 34.1 Å². The summed E-state index contributed by atoms with van der Waals surface area (Å²) in [6, 6.07) is 5.95. The van der Waals surface area contributed by atoms with Crippen molar-refractivity contribution in [2.75, 3.05) is 0 Å². The molecular weight excluding hydrogens is 293 g/mol. The smallest absolute Gasteiger partial charge is 0.129 e. The van der Waals surface area contributed by atoms with Crippen LogP contribution >= 0.6 is 15.9 Å². The summed E-state index contributed by atoms with van der Waals surface area (Å²) in [6.07, 6.45) is 7.74. The Kier molecular flexibility index (Phi) is 5.19. The first-order chi connectivity index (χ1) is 8.66. The fourth-order valence-corrected chi connectivity index (χ4v) is 3.08. The second-order valence-electron chi connectivity index (χ2n) is 5.24. The van der Waals surface area contributed by atoms with Crippen LogP contribution in [-0.2, 0) is 0 Å². The quantitative estimate of drug-likeness (QED) is 0.777. The third-order valence-corrected chi connectivity index (χ3v) is 4.26. The molecule has 0 saturated heterocycles. The van der Waals surface area contributed by atoms with Crippen LogP contribution in [0.2, 0.25) is 0 Å². The van der Waals surface area contributed by atoms with E-state index < -0.39 is 0 Å². The Hall–Kier alpha value is -0.410. The molecule has 0 aliphatic heterocycles. The van der Waals surface area contributed by atoms with Gasteiger partial charge in [0, 0.05) is 22.1 Å². The van der Waals surface area contributed by atoms with Crippen molar-refractivity contribution < 1.29 is 4.39 Å². The van der Waals surface area contributed by atoms with E-state index in [0.29, 0.717) is 6.04 Å². The van der Waals surface area contributed by atoms with E-state index in [0.717, 1.165) is 10.0 Å². The lowest BCUT2D eigenvalue weighted by atomic mass is 10.0. The molecule has 1 saturated carbocycles. The van der Waals surface area contributed by atoms with Crippen molar-refractivity contribution in [2.45, 2.75) is 57.5 Å². The van der Waals surface area contributed by atoms with E-state index >= 15 is 0 Å².